The second-order valence-corrected chi connectivity index (χ2v) is 6.02. The monoisotopic (exact) mass is 265 g/mol. The summed E-state index contributed by atoms with van der Waals surface area (Å²) in [5, 5.41) is 8.05. The molecule has 5 heteroatoms. The van der Waals surface area contributed by atoms with Gasteiger partial charge >= 0.3 is 0 Å². The quantitative estimate of drug-likeness (QED) is 0.754. The molecule has 3 N–H and O–H groups in total. The number of allylic oxidation sites excluding steroid dienone is 1. The summed E-state index contributed by atoms with van der Waals surface area (Å²) in [4.78, 5) is 13.9. The first-order valence-corrected chi connectivity index (χ1v) is 7.01. The molecule has 1 saturated carbocycles. The number of nitrogens with one attached hydrogen (secondary N) is 1. The smallest absolute Gasteiger partial charge is 0.272 e. The first-order valence-electron chi connectivity index (χ1n) is 7.01. The van der Waals surface area contributed by atoms with Crippen LogP contribution in [0.5, 0.6) is 0 Å². The Bertz CT molecular complexity index is 452. The van der Waals surface area contributed by atoms with E-state index in [9.17, 15) is 9.18 Å². The summed E-state index contributed by atoms with van der Waals surface area (Å²) in [6.45, 7) is 0.758. The third kappa shape index (κ3) is 2.20. The molecule has 3 rings (SSSR count). The van der Waals surface area contributed by atoms with E-state index in [4.69, 9.17) is 11.1 Å². The van der Waals surface area contributed by atoms with Crippen molar-refractivity contribution in [1.82, 2.24) is 4.90 Å². The summed E-state index contributed by atoms with van der Waals surface area (Å²) >= 11 is 0. The van der Waals surface area contributed by atoms with Crippen LogP contribution in [0.3, 0.4) is 0 Å². The Hall–Kier alpha value is -1.23. The second-order valence-electron chi connectivity index (χ2n) is 6.02. The number of hydrogen-bond donors (Lipinski definition) is 2. The molecule has 0 aromatic heterocycles. The van der Waals surface area contributed by atoms with Gasteiger partial charge in [-0.1, -0.05) is 6.08 Å². The van der Waals surface area contributed by atoms with Gasteiger partial charge in [0.25, 0.3) is 5.91 Å². The summed E-state index contributed by atoms with van der Waals surface area (Å²) in [6.07, 6.45) is 4.74. The minimum atomic E-state index is -1.33. The summed E-state index contributed by atoms with van der Waals surface area (Å²) in [5.74, 6) is 0.892. The molecule has 1 aliphatic heterocycles. The fourth-order valence-electron chi connectivity index (χ4n) is 3.20. The number of fused-ring (bicyclic) bond motifs is 1. The number of halogens is 1. The molecule has 0 radical (unpaired) electrons. The number of likely N-dealkylation sites (tertiary alicyclic amines) is 1. The molecule has 0 aromatic carbocycles. The van der Waals surface area contributed by atoms with Crippen LogP contribution in [0.4, 0.5) is 4.39 Å². The van der Waals surface area contributed by atoms with E-state index in [1.54, 1.807) is 4.90 Å². The molecule has 0 aromatic rings. The summed E-state index contributed by atoms with van der Waals surface area (Å²) in [5.41, 5.74) is 5.14. The van der Waals surface area contributed by atoms with Gasteiger partial charge in [-0.15, -0.1) is 0 Å². The van der Waals surface area contributed by atoms with Gasteiger partial charge < -0.3 is 10.6 Å². The number of rotatable bonds is 3. The molecule has 0 bridgehead atoms. The molecule has 2 aliphatic carbocycles. The SMILES string of the molecule is N=C(C(=O)N1CCC(F)(CN)CC1)C1=CC[C@H]2C[C@@H]12. The van der Waals surface area contributed by atoms with E-state index < -0.39 is 5.67 Å². The number of hydrogen-bond acceptors (Lipinski definition) is 3. The normalized spacial score (nSPS) is 31.7. The lowest BCUT2D eigenvalue weighted by Crippen LogP contribution is -2.49. The predicted molar refractivity (Wildman–Crippen MR) is 70.7 cm³/mol. The lowest BCUT2D eigenvalue weighted by atomic mass is 9.93. The van der Waals surface area contributed by atoms with Crippen molar-refractivity contribution in [3.63, 3.8) is 0 Å². The number of carbonyl (C=O) groups is 1. The van der Waals surface area contributed by atoms with E-state index >= 15 is 0 Å². The molecule has 19 heavy (non-hydrogen) atoms. The van der Waals surface area contributed by atoms with Crippen LogP contribution >= 0.6 is 0 Å². The molecule has 104 valence electrons. The molecule has 0 unspecified atom stereocenters. The van der Waals surface area contributed by atoms with E-state index in [2.05, 4.69) is 0 Å². The van der Waals surface area contributed by atoms with Gasteiger partial charge in [0, 0.05) is 32.5 Å². The van der Waals surface area contributed by atoms with E-state index in [0.717, 1.165) is 18.4 Å². The van der Waals surface area contributed by atoms with E-state index in [-0.39, 0.29) is 31.0 Å². The number of nitrogens with zero attached hydrogens (tertiary/aromatic N) is 1. The van der Waals surface area contributed by atoms with Crippen molar-refractivity contribution >= 4 is 11.6 Å². The Morgan fingerprint density at radius 3 is 2.68 bits per heavy atom. The van der Waals surface area contributed by atoms with Gasteiger partial charge in [-0.25, -0.2) is 4.39 Å². The van der Waals surface area contributed by atoms with Crippen LogP contribution in [-0.2, 0) is 4.79 Å². The Balaban J connectivity index is 1.61. The van der Waals surface area contributed by atoms with Gasteiger partial charge in [-0.05, 0) is 30.3 Å². The van der Waals surface area contributed by atoms with Crippen molar-refractivity contribution in [2.45, 2.75) is 31.4 Å². The van der Waals surface area contributed by atoms with Crippen LogP contribution in [0.25, 0.3) is 0 Å². The van der Waals surface area contributed by atoms with Crippen molar-refractivity contribution in [3.8, 4) is 0 Å². The highest BCUT2D eigenvalue weighted by Gasteiger charge is 2.46. The molecule has 2 fully saturated rings. The van der Waals surface area contributed by atoms with Gasteiger partial charge in [0.1, 0.15) is 11.4 Å². The molecule has 3 aliphatic rings. The molecule has 1 heterocycles. The first kappa shape index (κ1) is 12.8. The van der Waals surface area contributed by atoms with Gasteiger partial charge in [0.05, 0.1) is 0 Å². The van der Waals surface area contributed by atoms with Crippen molar-refractivity contribution in [3.05, 3.63) is 11.6 Å². The number of piperidine rings is 1. The number of amides is 1. The second kappa shape index (κ2) is 4.40. The zero-order valence-electron chi connectivity index (χ0n) is 11.0. The molecule has 2 atom stereocenters. The average Bonchev–Trinajstić information content (AvgIpc) is 3.09. The molecule has 4 nitrogen and oxygen atoms in total. The van der Waals surface area contributed by atoms with Crippen LogP contribution in [-0.4, -0.2) is 41.8 Å². The summed E-state index contributed by atoms with van der Waals surface area (Å²) < 4.78 is 14.0. The molecule has 1 amide bonds. The number of nitrogens with two attached hydrogens (primary N) is 1. The van der Waals surface area contributed by atoms with Gasteiger partial charge in [0.15, 0.2) is 0 Å². The maximum Gasteiger partial charge on any atom is 0.272 e. The highest BCUT2D eigenvalue weighted by molar-refractivity contribution is 6.44. The Kier molecular flexibility index (Phi) is 2.96. The fraction of sp³-hybridized carbons (Fsp3) is 0.714. The predicted octanol–water partition coefficient (Wildman–Crippen LogP) is 1.26. The van der Waals surface area contributed by atoms with Crippen molar-refractivity contribution in [2.24, 2.45) is 17.6 Å². The Morgan fingerprint density at radius 1 is 1.53 bits per heavy atom. The molecule has 1 saturated heterocycles. The first-order chi connectivity index (χ1) is 9.04. The van der Waals surface area contributed by atoms with Crippen LogP contribution in [0.15, 0.2) is 11.6 Å². The van der Waals surface area contributed by atoms with Crippen molar-refractivity contribution in [2.75, 3.05) is 19.6 Å². The van der Waals surface area contributed by atoms with Crippen LogP contribution in [0.2, 0.25) is 0 Å². The standard InChI is InChI=1S/C14H20FN3O/c15-14(8-16)3-5-18(6-4-14)13(19)12(17)10-2-1-9-7-11(9)10/h2,9,11,17H,1,3-8,16H2/t9-,11+/m0/s1. The third-order valence-corrected chi connectivity index (χ3v) is 4.78. The fourth-order valence-corrected chi connectivity index (χ4v) is 3.20. The maximum absolute atomic E-state index is 14.0. The lowest BCUT2D eigenvalue weighted by molar-refractivity contribution is -0.126. The molecule has 0 spiro atoms. The van der Waals surface area contributed by atoms with Crippen LogP contribution in [0, 0.1) is 17.2 Å². The van der Waals surface area contributed by atoms with Crippen molar-refractivity contribution in [1.29, 1.82) is 5.41 Å². The topological polar surface area (TPSA) is 70.2 Å². The Labute approximate surface area is 112 Å². The zero-order valence-corrected chi connectivity index (χ0v) is 11.0. The van der Waals surface area contributed by atoms with E-state index in [1.807, 2.05) is 6.08 Å². The highest BCUT2D eigenvalue weighted by Crippen LogP contribution is 2.52. The van der Waals surface area contributed by atoms with Gasteiger partial charge in [-0.2, -0.15) is 0 Å². The number of alkyl halides is 1. The Morgan fingerprint density at radius 2 is 2.21 bits per heavy atom. The van der Waals surface area contributed by atoms with Crippen LogP contribution in [0.1, 0.15) is 25.7 Å². The minimum absolute atomic E-state index is 0.0153. The van der Waals surface area contributed by atoms with Crippen molar-refractivity contribution < 1.29 is 9.18 Å². The van der Waals surface area contributed by atoms with E-state index in [1.165, 1.54) is 0 Å². The molecular weight excluding hydrogens is 245 g/mol. The van der Waals surface area contributed by atoms with Gasteiger partial charge in [-0.3, -0.25) is 10.2 Å². The zero-order chi connectivity index (χ0) is 13.6. The highest BCUT2D eigenvalue weighted by atomic mass is 19.1. The average molecular weight is 265 g/mol. The largest absolute Gasteiger partial charge is 0.337 e. The van der Waals surface area contributed by atoms with Gasteiger partial charge in [0.2, 0.25) is 0 Å². The van der Waals surface area contributed by atoms with Crippen LogP contribution < -0.4 is 5.73 Å². The minimum Gasteiger partial charge on any atom is -0.337 e. The number of carbonyl (C=O) groups excluding carboxylic acids is 1. The maximum atomic E-state index is 14.0. The lowest BCUT2D eigenvalue weighted by Gasteiger charge is -2.35. The molecular formula is C14H20FN3O. The summed E-state index contributed by atoms with van der Waals surface area (Å²) in [6, 6.07) is 0. The summed E-state index contributed by atoms with van der Waals surface area (Å²) in [7, 11) is 0. The third-order valence-electron chi connectivity index (χ3n) is 4.78. The van der Waals surface area contributed by atoms with E-state index in [0.29, 0.717) is 24.9 Å².